The van der Waals surface area contributed by atoms with Gasteiger partial charge in [-0.2, -0.15) is 0 Å². The van der Waals surface area contributed by atoms with Crippen LogP contribution in [0.5, 0.6) is 0 Å². The van der Waals surface area contributed by atoms with Gasteiger partial charge in [0.05, 0.1) is 0 Å². The van der Waals surface area contributed by atoms with Crippen molar-refractivity contribution in [1.82, 2.24) is 15.5 Å². The van der Waals surface area contributed by atoms with Crippen LogP contribution in [0.1, 0.15) is 32.6 Å². The minimum absolute atomic E-state index is 0.165. The quantitative estimate of drug-likeness (QED) is 0.662. The van der Waals surface area contributed by atoms with Crippen LogP contribution in [0.4, 0.5) is 4.79 Å². The molecule has 94 valence electrons. The molecule has 0 radical (unpaired) electrons. The highest BCUT2D eigenvalue weighted by Crippen LogP contribution is 2.18. The van der Waals surface area contributed by atoms with Gasteiger partial charge in [-0.3, -0.25) is 14.5 Å². The number of urea groups is 1. The summed E-state index contributed by atoms with van der Waals surface area (Å²) in [4.78, 5) is 35.8. The number of nitrogens with one attached hydrogen (secondary N) is 2. The number of nitrogens with zero attached hydrogens (tertiary/aromatic N) is 1. The van der Waals surface area contributed by atoms with Gasteiger partial charge in [0.25, 0.3) is 5.91 Å². The molecule has 1 aliphatic heterocycles. The maximum absolute atomic E-state index is 11.8. The molecule has 1 unspecified atom stereocenters. The Kier molecular flexibility index (Phi) is 3.31. The first-order valence-corrected chi connectivity index (χ1v) is 6.03. The Morgan fingerprint density at radius 2 is 2.18 bits per heavy atom. The lowest BCUT2D eigenvalue weighted by Gasteiger charge is -2.12. The summed E-state index contributed by atoms with van der Waals surface area (Å²) in [6.45, 7) is 1.78. The summed E-state index contributed by atoms with van der Waals surface area (Å²) >= 11 is 0. The van der Waals surface area contributed by atoms with Crippen LogP contribution in [-0.2, 0) is 9.59 Å². The second-order valence-electron chi connectivity index (χ2n) is 4.56. The summed E-state index contributed by atoms with van der Waals surface area (Å²) in [6, 6.07) is -0.671. The zero-order chi connectivity index (χ0) is 12.4. The van der Waals surface area contributed by atoms with Crippen molar-refractivity contribution in [2.24, 2.45) is 0 Å². The van der Waals surface area contributed by atoms with Crippen molar-refractivity contribution in [2.75, 3.05) is 6.54 Å². The van der Waals surface area contributed by atoms with Crippen LogP contribution >= 0.6 is 0 Å². The van der Waals surface area contributed by atoms with Gasteiger partial charge in [0, 0.05) is 6.04 Å². The molecule has 0 bridgehead atoms. The number of hydrogen-bond acceptors (Lipinski definition) is 3. The Balaban J connectivity index is 1.88. The fourth-order valence-electron chi connectivity index (χ4n) is 1.86. The van der Waals surface area contributed by atoms with Gasteiger partial charge in [-0.15, -0.1) is 0 Å². The molecule has 0 aromatic heterocycles. The van der Waals surface area contributed by atoms with Crippen molar-refractivity contribution in [2.45, 2.75) is 44.7 Å². The summed E-state index contributed by atoms with van der Waals surface area (Å²) in [7, 11) is 0. The van der Waals surface area contributed by atoms with E-state index >= 15 is 0 Å². The van der Waals surface area contributed by atoms with Gasteiger partial charge in [-0.25, -0.2) is 4.79 Å². The number of rotatable bonds is 5. The number of carbonyl (C=O) groups is 3. The number of hydrogen-bond donors (Lipinski definition) is 2. The molecule has 1 saturated heterocycles. The van der Waals surface area contributed by atoms with Crippen molar-refractivity contribution in [3.8, 4) is 0 Å². The first kappa shape index (κ1) is 11.9. The van der Waals surface area contributed by atoms with Gasteiger partial charge in [0.15, 0.2) is 0 Å². The molecule has 2 N–H and O–H groups in total. The highest BCUT2D eigenvalue weighted by Gasteiger charge is 2.38. The fourth-order valence-corrected chi connectivity index (χ4v) is 1.86. The average Bonchev–Trinajstić information content (AvgIpc) is 3.03. The van der Waals surface area contributed by atoms with Crippen LogP contribution in [0, 0.1) is 0 Å². The molecule has 0 aromatic carbocycles. The molecule has 2 aliphatic rings. The lowest BCUT2D eigenvalue weighted by Crippen LogP contribution is -2.41. The van der Waals surface area contributed by atoms with Crippen LogP contribution in [-0.4, -0.2) is 41.4 Å². The molecule has 1 aliphatic carbocycles. The molecule has 1 saturated carbocycles. The average molecular weight is 239 g/mol. The molecule has 6 nitrogen and oxygen atoms in total. The Hall–Kier alpha value is -1.59. The van der Waals surface area contributed by atoms with Crippen LogP contribution < -0.4 is 10.6 Å². The van der Waals surface area contributed by atoms with Gasteiger partial charge in [0.1, 0.15) is 12.6 Å². The van der Waals surface area contributed by atoms with Crippen molar-refractivity contribution in [3.05, 3.63) is 0 Å². The molecule has 0 aromatic rings. The first-order chi connectivity index (χ1) is 8.11. The van der Waals surface area contributed by atoms with E-state index in [1.807, 2.05) is 6.92 Å². The second kappa shape index (κ2) is 4.73. The molecule has 1 heterocycles. The zero-order valence-electron chi connectivity index (χ0n) is 9.86. The first-order valence-electron chi connectivity index (χ1n) is 6.03. The van der Waals surface area contributed by atoms with E-state index < -0.39 is 12.1 Å². The van der Waals surface area contributed by atoms with E-state index in [1.54, 1.807) is 0 Å². The molecule has 1 atom stereocenters. The fraction of sp³-hybridized carbons (Fsp3) is 0.727. The molecule has 2 fully saturated rings. The standard InChI is InChI=1S/C11H17N3O3/c1-2-3-8-10(16)14(11(17)13-8)6-9(15)12-7-4-5-7/h7-8H,2-6H2,1H3,(H,12,15)(H,13,17). The Morgan fingerprint density at radius 1 is 1.47 bits per heavy atom. The molecule has 4 amide bonds. The van der Waals surface area contributed by atoms with E-state index in [4.69, 9.17) is 0 Å². The summed E-state index contributed by atoms with van der Waals surface area (Å²) in [5, 5.41) is 5.34. The maximum Gasteiger partial charge on any atom is 0.325 e. The third-order valence-corrected chi connectivity index (χ3v) is 2.93. The van der Waals surface area contributed by atoms with Crippen molar-refractivity contribution in [3.63, 3.8) is 0 Å². The van der Waals surface area contributed by atoms with Crippen molar-refractivity contribution < 1.29 is 14.4 Å². The molecule has 17 heavy (non-hydrogen) atoms. The smallest absolute Gasteiger partial charge is 0.325 e. The Labute approximate surface area is 99.7 Å². The highest BCUT2D eigenvalue weighted by atomic mass is 16.2. The van der Waals surface area contributed by atoms with Gasteiger partial charge >= 0.3 is 6.03 Å². The van der Waals surface area contributed by atoms with Crippen LogP contribution in [0.15, 0.2) is 0 Å². The van der Waals surface area contributed by atoms with Gasteiger partial charge in [-0.1, -0.05) is 13.3 Å². The zero-order valence-corrected chi connectivity index (χ0v) is 9.86. The van der Waals surface area contributed by atoms with E-state index in [9.17, 15) is 14.4 Å². The summed E-state index contributed by atoms with van der Waals surface area (Å²) in [6.07, 6.45) is 3.42. The summed E-state index contributed by atoms with van der Waals surface area (Å²) < 4.78 is 0. The topological polar surface area (TPSA) is 78.5 Å². The Bertz CT molecular complexity index is 352. The largest absolute Gasteiger partial charge is 0.352 e. The third kappa shape index (κ3) is 2.75. The van der Waals surface area contributed by atoms with E-state index in [1.165, 1.54) is 0 Å². The Morgan fingerprint density at radius 3 is 2.76 bits per heavy atom. The van der Waals surface area contributed by atoms with Crippen molar-refractivity contribution >= 4 is 17.8 Å². The number of amides is 4. The second-order valence-corrected chi connectivity index (χ2v) is 4.56. The predicted octanol–water partition coefficient (Wildman–Crippen LogP) is -0.0145. The van der Waals surface area contributed by atoms with Crippen LogP contribution in [0.25, 0.3) is 0 Å². The molecular weight excluding hydrogens is 222 g/mol. The molecular formula is C11H17N3O3. The number of carbonyl (C=O) groups excluding carboxylic acids is 3. The minimum Gasteiger partial charge on any atom is -0.352 e. The van der Waals surface area contributed by atoms with Crippen molar-refractivity contribution in [1.29, 1.82) is 0 Å². The van der Waals surface area contributed by atoms with E-state index in [0.29, 0.717) is 6.42 Å². The highest BCUT2D eigenvalue weighted by molar-refractivity contribution is 6.06. The van der Waals surface area contributed by atoms with E-state index in [-0.39, 0.29) is 24.4 Å². The normalized spacial score (nSPS) is 23.8. The van der Waals surface area contributed by atoms with Crippen LogP contribution in [0.3, 0.4) is 0 Å². The summed E-state index contributed by atoms with van der Waals surface area (Å²) in [5.74, 6) is -0.545. The third-order valence-electron chi connectivity index (χ3n) is 2.93. The predicted molar refractivity (Wildman–Crippen MR) is 60.1 cm³/mol. The van der Waals surface area contributed by atoms with E-state index in [2.05, 4.69) is 10.6 Å². The van der Waals surface area contributed by atoms with Crippen LogP contribution in [0.2, 0.25) is 0 Å². The molecule has 0 spiro atoms. The van der Waals surface area contributed by atoms with Gasteiger partial charge in [-0.05, 0) is 19.3 Å². The minimum atomic E-state index is -0.459. The number of imide groups is 1. The van der Waals surface area contributed by atoms with Gasteiger partial charge < -0.3 is 10.6 Å². The summed E-state index contributed by atoms with van der Waals surface area (Å²) in [5.41, 5.74) is 0. The van der Waals surface area contributed by atoms with Gasteiger partial charge in [0.2, 0.25) is 5.91 Å². The lowest BCUT2D eigenvalue weighted by molar-refractivity contribution is -0.132. The SMILES string of the molecule is CCCC1NC(=O)N(CC(=O)NC2CC2)C1=O. The molecule has 6 heteroatoms. The monoisotopic (exact) mass is 239 g/mol. The molecule has 2 rings (SSSR count). The van der Waals surface area contributed by atoms with E-state index in [0.717, 1.165) is 24.2 Å². The lowest BCUT2D eigenvalue weighted by atomic mass is 10.2. The maximum atomic E-state index is 11.8.